The maximum Gasteiger partial charge on any atom is 0.0411 e. The highest BCUT2D eigenvalue weighted by Gasteiger charge is 2.06. The summed E-state index contributed by atoms with van der Waals surface area (Å²) in [7, 11) is 4.17. The predicted molar refractivity (Wildman–Crippen MR) is 93.5 cm³/mol. The standard InChI is InChI=1S/C19H26N2/c1-13-9-15(3)18(16(4)10-13)12-20-17-8-7-14(2)19(11-17)21(5)6/h7-11,20H,12H2,1-6H3. The van der Waals surface area contributed by atoms with Crippen LogP contribution in [0.15, 0.2) is 30.3 Å². The molecule has 0 radical (unpaired) electrons. The van der Waals surface area contributed by atoms with Gasteiger partial charge in [0.25, 0.3) is 0 Å². The van der Waals surface area contributed by atoms with Crippen LogP contribution in [0.25, 0.3) is 0 Å². The molecule has 0 aromatic heterocycles. The van der Waals surface area contributed by atoms with Gasteiger partial charge in [0.15, 0.2) is 0 Å². The van der Waals surface area contributed by atoms with E-state index in [-0.39, 0.29) is 0 Å². The van der Waals surface area contributed by atoms with Gasteiger partial charge >= 0.3 is 0 Å². The molecular weight excluding hydrogens is 256 g/mol. The van der Waals surface area contributed by atoms with Crippen LogP contribution in [0.5, 0.6) is 0 Å². The summed E-state index contributed by atoms with van der Waals surface area (Å²) in [5.41, 5.74) is 9.18. The van der Waals surface area contributed by atoms with Crippen LogP contribution in [0, 0.1) is 27.7 Å². The minimum atomic E-state index is 0.869. The van der Waals surface area contributed by atoms with E-state index in [1.54, 1.807) is 0 Å². The van der Waals surface area contributed by atoms with Gasteiger partial charge in [-0.3, -0.25) is 0 Å². The molecule has 0 amide bonds. The Hall–Kier alpha value is -1.96. The lowest BCUT2D eigenvalue weighted by Gasteiger charge is -2.18. The molecule has 0 saturated heterocycles. The number of hydrogen-bond acceptors (Lipinski definition) is 2. The first kappa shape index (κ1) is 15.4. The zero-order chi connectivity index (χ0) is 15.6. The van der Waals surface area contributed by atoms with Crippen LogP contribution in [0.3, 0.4) is 0 Å². The molecule has 0 atom stereocenters. The van der Waals surface area contributed by atoms with Crippen molar-refractivity contribution >= 4 is 11.4 Å². The molecule has 0 unspecified atom stereocenters. The van der Waals surface area contributed by atoms with E-state index in [9.17, 15) is 0 Å². The second kappa shape index (κ2) is 6.21. The molecule has 2 aromatic carbocycles. The van der Waals surface area contributed by atoms with Crippen molar-refractivity contribution in [1.82, 2.24) is 0 Å². The number of benzene rings is 2. The highest BCUT2D eigenvalue weighted by Crippen LogP contribution is 2.24. The lowest BCUT2D eigenvalue weighted by molar-refractivity contribution is 1.07. The van der Waals surface area contributed by atoms with Gasteiger partial charge in [-0.1, -0.05) is 23.8 Å². The van der Waals surface area contributed by atoms with Crippen LogP contribution in [-0.2, 0) is 6.54 Å². The maximum absolute atomic E-state index is 3.56. The molecule has 0 spiro atoms. The first-order valence-corrected chi connectivity index (χ1v) is 7.47. The van der Waals surface area contributed by atoms with Crippen LogP contribution in [-0.4, -0.2) is 14.1 Å². The Morgan fingerprint density at radius 2 is 1.48 bits per heavy atom. The van der Waals surface area contributed by atoms with Crippen LogP contribution < -0.4 is 10.2 Å². The normalized spacial score (nSPS) is 10.6. The fraction of sp³-hybridized carbons (Fsp3) is 0.368. The number of nitrogens with one attached hydrogen (secondary N) is 1. The molecule has 0 saturated carbocycles. The third kappa shape index (κ3) is 3.57. The van der Waals surface area contributed by atoms with E-state index >= 15 is 0 Å². The molecule has 0 aliphatic rings. The van der Waals surface area contributed by atoms with Gasteiger partial charge in [0, 0.05) is 32.0 Å². The van der Waals surface area contributed by atoms with Crippen molar-refractivity contribution in [1.29, 1.82) is 0 Å². The summed E-state index contributed by atoms with van der Waals surface area (Å²) in [6.45, 7) is 9.55. The van der Waals surface area contributed by atoms with Gasteiger partial charge in [-0.15, -0.1) is 0 Å². The maximum atomic E-state index is 3.56. The average molecular weight is 282 g/mol. The van der Waals surface area contributed by atoms with Crippen molar-refractivity contribution in [2.45, 2.75) is 34.2 Å². The molecular formula is C19H26N2. The molecule has 112 valence electrons. The molecule has 2 nitrogen and oxygen atoms in total. The average Bonchev–Trinajstić information content (AvgIpc) is 2.38. The third-order valence-corrected chi connectivity index (χ3v) is 4.00. The lowest BCUT2D eigenvalue weighted by atomic mass is 10.00. The van der Waals surface area contributed by atoms with Crippen molar-refractivity contribution < 1.29 is 0 Å². The molecule has 0 fully saturated rings. The van der Waals surface area contributed by atoms with E-state index in [4.69, 9.17) is 0 Å². The molecule has 0 aliphatic carbocycles. The fourth-order valence-electron chi connectivity index (χ4n) is 2.88. The highest BCUT2D eigenvalue weighted by atomic mass is 15.1. The summed E-state index contributed by atoms with van der Waals surface area (Å²) in [6.07, 6.45) is 0. The van der Waals surface area contributed by atoms with E-state index in [0.717, 1.165) is 6.54 Å². The van der Waals surface area contributed by atoms with Crippen LogP contribution >= 0.6 is 0 Å². The zero-order valence-corrected chi connectivity index (χ0v) is 14.0. The van der Waals surface area contributed by atoms with Crippen LogP contribution in [0.2, 0.25) is 0 Å². The number of nitrogens with zero attached hydrogens (tertiary/aromatic N) is 1. The van der Waals surface area contributed by atoms with Gasteiger partial charge in [-0.2, -0.15) is 0 Å². The summed E-state index contributed by atoms with van der Waals surface area (Å²) in [4.78, 5) is 2.16. The number of rotatable bonds is 4. The summed E-state index contributed by atoms with van der Waals surface area (Å²) < 4.78 is 0. The molecule has 2 rings (SSSR count). The Morgan fingerprint density at radius 1 is 0.857 bits per heavy atom. The molecule has 0 aliphatic heterocycles. The Balaban J connectivity index is 2.19. The Bertz CT molecular complexity index is 619. The summed E-state index contributed by atoms with van der Waals surface area (Å²) in [5, 5.41) is 3.56. The second-order valence-electron chi connectivity index (χ2n) is 6.13. The Morgan fingerprint density at radius 3 is 2.05 bits per heavy atom. The molecule has 2 heteroatoms. The van der Waals surface area contributed by atoms with E-state index in [1.165, 1.54) is 39.2 Å². The molecule has 0 bridgehead atoms. The molecule has 1 N–H and O–H groups in total. The van der Waals surface area contributed by atoms with E-state index < -0.39 is 0 Å². The Labute approximate surface area is 128 Å². The second-order valence-corrected chi connectivity index (χ2v) is 6.13. The zero-order valence-electron chi connectivity index (χ0n) is 14.0. The Kier molecular flexibility index (Phi) is 4.56. The van der Waals surface area contributed by atoms with E-state index in [1.807, 2.05) is 0 Å². The first-order valence-electron chi connectivity index (χ1n) is 7.47. The van der Waals surface area contributed by atoms with Crippen molar-refractivity contribution in [3.8, 4) is 0 Å². The minimum absolute atomic E-state index is 0.869. The number of hydrogen-bond donors (Lipinski definition) is 1. The van der Waals surface area contributed by atoms with E-state index in [0.29, 0.717) is 0 Å². The third-order valence-electron chi connectivity index (χ3n) is 4.00. The van der Waals surface area contributed by atoms with Crippen LogP contribution in [0.4, 0.5) is 11.4 Å². The molecule has 21 heavy (non-hydrogen) atoms. The largest absolute Gasteiger partial charge is 0.381 e. The number of anilines is 2. The quantitative estimate of drug-likeness (QED) is 0.881. The summed E-state index contributed by atoms with van der Waals surface area (Å²) in [6, 6.07) is 11.1. The van der Waals surface area contributed by atoms with Gasteiger partial charge in [0.05, 0.1) is 0 Å². The van der Waals surface area contributed by atoms with Gasteiger partial charge in [0.1, 0.15) is 0 Å². The van der Waals surface area contributed by atoms with Gasteiger partial charge in [0.2, 0.25) is 0 Å². The number of aryl methyl sites for hydroxylation is 4. The van der Waals surface area contributed by atoms with Crippen molar-refractivity contribution in [2.24, 2.45) is 0 Å². The minimum Gasteiger partial charge on any atom is -0.381 e. The molecule has 2 aromatic rings. The SMILES string of the molecule is Cc1cc(C)c(CNc2ccc(C)c(N(C)C)c2)c(C)c1. The summed E-state index contributed by atoms with van der Waals surface area (Å²) >= 11 is 0. The highest BCUT2D eigenvalue weighted by molar-refractivity contribution is 5.62. The fourth-order valence-corrected chi connectivity index (χ4v) is 2.88. The van der Waals surface area contributed by atoms with Crippen molar-refractivity contribution in [3.63, 3.8) is 0 Å². The summed E-state index contributed by atoms with van der Waals surface area (Å²) in [5.74, 6) is 0. The molecule has 0 heterocycles. The lowest BCUT2D eigenvalue weighted by Crippen LogP contribution is -2.11. The van der Waals surface area contributed by atoms with Gasteiger partial charge in [-0.05, 0) is 62.1 Å². The van der Waals surface area contributed by atoms with E-state index in [2.05, 4.69) is 82.3 Å². The topological polar surface area (TPSA) is 15.3 Å². The van der Waals surface area contributed by atoms with Gasteiger partial charge in [-0.25, -0.2) is 0 Å². The first-order chi connectivity index (χ1) is 9.88. The smallest absolute Gasteiger partial charge is 0.0411 e. The monoisotopic (exact) mass is 282 g/mol. The van der Waals surface area contributed by atoms with Gasteiger partial charge < -0.3 is 10.2 Å². The van der Waals surface area contributed by atoms with Crippen molar-refractivity contribution in [3.05, 3.63) is 58.1 Å². The van der Waals surface area contributed by atoms with Crippen molar-refractivity contribution in [2.75, 3.05) is 24.3 Å². The predicted octanol–water partition coefficient (Wildman–Crippen LogP) is 4.60. The van der Waals surface area contributed by atoms with Crippen LogP contribution in [0.1, 0.15) is 27.8 Å².